The second kappa shape index (κ2) is 14.4. The van der Waals surface area contributed by atoms with Gasteiger partial charge in [-0.1, -0.05) is 70.9 Å². The zero-order valence-electron chi connectivity index (χ0n) is 24.1. The van der Waals surface area contributed by atoms with Gasteiger partial charge < -0.3 is 14.8 Å². The molecule has 0 saturated carbocycles. The highest BCUT2D eigenvalue weighted by Crippen LogP contribution is 2.29. The van der Waals surface area contributed by atoms with Gasteiger partial charge in [0.1, 0.15) is 0 Å². The first-order chi connectivity index (χ1) is 19.0. The van der Waals surface area contributed by atoms with Gasteiger partial charge in [0.15, 0.2) is 0 Å². The molecule has 2 aromatic carbocycles. The van der Waals surface area contributed by atoms with Gasteiger partial charge in [0.2, 0.25) is 11.8 Å². The molecule has 0 saturated heterocycles. The minimum atomic E-state index is -4.42. The van der Waals surface area contributed by atoms with Gasteiger partial charge in [-0.15, -0.1) is 0 Å². The number of hydrogen-bond acceptors (Lipinski definition) is 2. The topological polar surface area (TPSA) is 56.4 Å². The number of rotatable bonds is 14. The number of benzene rings is 2. The van der Waals surface area contributed by atoms with Gasteiger partial charge in [-0.3, -0.25) is 9.59 Å². The van der Waals surface area contributed by atoms with Crippen molar-refractivity contribution in [2.45, 2.75) is 72.5 Å². The summed E-state index contributed by atoms with van der Waals surface area (Å²) in [6, 6.07) is 12.9. The Bertz CT molecular complexity index is 1230. The first-order valence-electron chi connectivity index (χ1n) is 14.3. The molecule has 0 aliphatic heterocycles. The summed E-state index contributed by atoms with van der Waals surface area (Å²) in [5.41, 5.74) is 1.95. The number of para-hydroxylation sites is 1. The third kappa shape index (κ3) is 8.60. The molecule has 1 unspecified atom stereocenters. The lowest BCUT2D eigenvalue weighted by Crippen LogP contribution is -2.46. The van der Waals surface area contributed by atoms with E-state index in [4.69, 9.17) is 0 Å². The van der Waals surface area contributed by atoms with Crippen LogP contribution in [0.4, 0.5) is 13.2 Å². The second-order valence-electron chi connectivity index (χ2n) is 11.0. The van der Waals surface area contributed by atoms with Crippen molar-refractivity contribution in [1.82, 2.24) is 14.8 Å². The third-order valence-corrected chi connectivity index (χ3v) is 7.30. The number of hydrogen-bond donors (Lipinski definition) is 1. The van der Waals surface area contributed by atoms with E-state index < -0.39 is 11.7 Å². The van der Waals surface area contributed by atoms with E-state index >= 15 is 0 Å². The maximum Gasteiger partial charge on any atom is 0.416 e. The molecule has 0 spiro atoms. The number of halogens is 3. The van der Waals surface area contributed by atoms with E-state index in [2.05, 4.69) is 11.9 Å². The van der Waals surface area contributed by atoms with Crippen LogP contribution in [0.2, 0.25) is 0 Å². The molecule has 1 aromatic heterocycles. The number of aromatic nitrogens is 1. The van der Waals surface area contributed by atoms with Gasteiger partial charge in [0, 0.05) is 42.7 Å². The molecular weight excluding hydrogens is 515 g/mol. The lowest BCUT2D eigenvalue weighted by molar-refractivity contribution is -0.144. The first kappa shape index (κ1) is 31.2. The van der Waals surface area contributed by atoms with Crippen LogP contribution in [0.25, 0.3) is 10.9 Å². The molecule has 40 heavy (non-hydrogen) atoms. The molecule has 1 heterocycles. The number of nitrogens with zero attached hydrogens (tertiary/aromatic N) is 2. The molecule has 0 aliphatic rings. The molecule has 2 amide bonds. The summed E-state index contributed by atoms with van der Waals surface area (Å²) < 4.78 is 39.3. The van der Waals surface area contributed by atoms with E-state index in [1.165, 1.54) is 12.1 Å². The van der Waals surface area contributed by atoms with Crippen molar-refractivity contribution in [2.24, 2.45) is 11.8 Å². The average Bonchev–Trinajstić information content (AvgIpc) is 3.33. The Hall–Kier alpha value is -3.29. The Morgan fingerprint density at radius 2 is 1.68 bits per heavy atom. The summed E-state index contributed by atoms with van der Waals surface area (Å²) in [5, 5.41) is 1.07. The SMILES string of the molecule is CCCCC(CC)C(=O)N(CC(=O)N(CCc1c[nH]c2ccccc12)Cc1ccc(C(F)(F)F)cc1)CC(C)C. The molecule has 3 rings (SSSR count). The standard InChI is InChI=1S/C32H42F3N3O2/c1-5-7-10-25(6-2)31(40)38(20-23(3)4)22-30(39)37(21-24-13-15-27(16-14-24)32(33,34)35)18-17-26-19-36-29-12-9-8-11-28(26)29/h8-9,11-16,19,23,25,36H,5-7,10,17-18,20-22H2,1-4H3. The minimum absolute atomic E-state index is 0.00380. The van der Waals surface area contributed by atoms with E-state index in [9.17, 15) is 22.8 Å². The molecule has 1 N–H and O–H groups in total. The van der Waals surface area contributed by atoms with Crippen molar-refractivity contribution >= 4 is 22.7 Å². The van der Waals surface area contributed by atoms with E-state index in [1.54, 1.807) is 9.80 Å². The lowest BCUT2D eigenvalue weighted by atomic mass is 9.97. The Morgan fingerprint density at radius 3 is 2.30 bits per heavy atom. The summed E-state index contributed by atoms with van der Waals surface area (Å²) in [4.78, 5) is 33.9. The van der Waals surface area contributed by atoms with Gasteiger partial charge >= 0.3 is 6.18 Å². The van der Waals surface area contributed by atoms with Gasteiger partial charge in [0.05, 0.1) is 12.1 Å². The fourth-order valence-electron chi connectivity index (χ4n) is 5.05. The van der Waals surface area contributed by atoms with E-state index in [-0.39, 0.29) is 36.7 Å². The molecule has 0 aliphatic carbocycles. The molecule has 0 bridgehead atoms. The number of nitrogens with one attached hydrogen (secondary N) is 1. The highest BCUT2D eigenvalue weighted by Gasteiger charge is 2.30. The van der Waals surface area contributed by atoms with Crippen LogP contribution in [0.3, 0.4) is 0 Å². The number of amides is 2. The maximum absolute atomic E-state index is 13.8. The highest BCUT2D eigenvalue weighted by molar-refractivity contribution is 5.86. The van der Waals surface area contributed by atoms with E-state index in [1.807, 2.05) is 51.2 Å². The highest BCUT2D eigenvalue weighted by atomic mass is 19.4. The normalized spacial score (nSPS) is 12.6. The Kier molecular flexibility index (Phi) is 11.2. The Labute approximate surface area is 235 Å². The number of aromatic amines is 1. The first-order valence-corrected chi connectivity index (χ1v) is 14.3. The van der Waals surface area contributed by atoms with Crippen molar-refractivity contribution in [3.63, 3.8) is 0 Å². The summed E-state index contributed by atoms with van der Waals surface area (Å²) >= 11 is 0. The fraction of sp³-hybridized carbons (Fsp3) is 0.500. The molecule has 3 aromatic rings. The van der Waals surface area contributed by atoms with Crippen LogP contribution in [-0.2, 0) is 28.7 Å². The van der Waals surface area contributed by atoms with Crippen molar-refractivity contribution in [3.8, 4) is 0 Å². The average molecular weight is 558 g/mol. The molecule has 218 valence electrons. The fourth-order valence-corrected chi connectivity index (χ4v) is 5.05. The molecular formula is C32H42F3N3O2. The minimum Gasteiger partial charge on any atom is -0.361 e. The van der Waals surface area contributed by atoms with Gasteiger partial charge in [0.25, 0.3) is 0 Å². The van der Waals surface area contributed by atoms with Gasteiger partial charge in [-0.25, -0.2) is 0 Å². The second-order valence-corrected chi connectivity index (χ2v) is 11.0. The van der Waals surface area contributed by atoms with Gasteiger partial charge in [-0.05, 0) is 54.5 Å². The van der Waals surface area contributed by atoms with E-state index in [0.717, 1.165) is 54.3 Å². The molecule has 0 radical (unpaired) electrons. The molecule has 1 atom stereocenters. The number of carbonyl (C=O) groups excluding carboxylic acids is 2. The predicted molar refractivity (Wildman–Crippen MR) is 154 cm³/mol. The van der Waals surface area contributed by atoms with Crippen molar-refractivity contribution < 1.29 is 22.8 Å². The maximum atomic E-state index is 13.8. The van der Waals surface area contributed by atoms with Crippen LogP contribution < -0.4 is 0 Å². The van der Waals surface area contributed by atoms with Crippen LogP contribution in [0, 0.1) is 11.8 Å². The van der Waals surface area contributed by atoms with Crippen LogP contribution >= 0.6 is 0 Å². The van der Waals surface area contributed by atoms with Crippen LogP contribution in [-0.4, -0.2) is 46.2 Å². The van der Waals surface area contributed by atoms with Crippen molar-refractivity contribution in [3.05, 3.63) is 71.4 Å². The number of alkyl halides is 3. The third-order valence-electron chi connectivity index (χ3n) is 7.30. The number of unbranched alkanes of at least 4 members (excludes halogenated alkanes) is 1. The molecule has 0 fully saturated rings. The zero-order valence-corrected chi connectivity index (χ0v) is 24.1. The lowest BCUT2D eigenvalue weighted by Gasteiger charge is -2.31. The van der Waals surface area contributed by atoms with Crippen molar-refractivity contribution in [2.75, 3.05) is 19.6 Å². The van der Waals surface area contributed by atoms with Gasteiger partial charge in [-0.2, -0.15) is 13.2 Å². The van der Waals surface area contributed by atoms with Crippen molar-refractivity contribution in [1.29, 1.82) is 0 Å². The largest absolute Gasteiger partial charge is 0.416 e. The summed E-state index contributed by atoms with van der Waals surface area (Å²) in [7, 11) is 0. The number of carbonyl (C=O) groups is 2. The number of H-pyrrole nitrogens is 1. The van der Waals surface area contributed by atoms with Crippen LogP contribution in [0.15, 0.2) is 54.7 Å². The quantitative estimate of drug-likeness (QED) is 0.224. The summed E-state index contributed by atoms with van der Waals surface area (Å²) in [6.07, 6.45) is 1.55. The Morgan fingerprint density at radius 1 is 0.975 bits per heavy atom. The predicted octanol–water partition coefficient (Wildman–Crippen LogP) is 7.46. The molecule has 5 nitrogen and oxygen atoms in total. The van der Waals surface area contributed by atoms with Crippen LogP contribution in [0.1, 0.15) is 70.1 Å². The van der Waals surface area contributed by atoms with E-state index in [0.29, 0.717) is 25.1 Å². The number of fused-ring (bicyclic) bond motifs is 1. The molecule has 8 heteroatoms. The Balaban J connectivity index is 1.83. The zero-order chi connectivity index (χ0) is 29.3. The van der Waals surface area contributed by atoms with Crippen LogP contribution in [0.5, 0.6) is 0 Å². The summed E-state index contributed by atoms with van der Waals surface area (Å²) in [5.74, 6) is -0.140. The summed E-state index contributed by atoms with van der Waals surface area (Å²) in [6.45, 7) is 9.11. The smallest absolute Gasteiger partial charge is 0.361 e. The monoisotopic (exact) mass is 557 g/mol.